The van der Waals surface area contributed by atoms with Gasteiger partial charge in [-0.25, -0.2) is 0 Å². The van der Waals surface area contributed by atoms with Crippen LogP contribution in [0.25, 0.3) is 0 Å². The highest BCUT2D eigenvalue weighted by molar-refractivity contribution is 6.31. The van der Waals surface area contributed by atoms with Crippen LogP contribution in [0.4, 0.5) is 0 Å². The van der Waals surface area contributed by atoms with Crippen molar-refractivity contribution in [2.75, 3.05) is 13.1 Å². The van der Waals surface area contributed by atoms with Crippen molar-refractivity contribution in [2.45, 2.75) is 33.4 Å². The van der Waals surface area contributed by atoms with E-state index in [9.17, 15) is 9.59 Å². The van der Waals surface area contributed by atoms with Crippen LogP contribution >= 0.6 is 11.6 Å². The van der Waals surface area contributed by atoms with Crippen molar-refractivity contribution in [1.29, 1.82) is 0 Å². The minimum Gasteiger partial charge on any atom is -0.345 e. The van der Waals surface area contributed by atoms with Gasteiger partial charge in [0.05, 0.1) is 36.0 Å². The van der Waals surface area contributed by atoms with E-state index in [1.54, 1.807) is 4.68 Å². The van der Waals surface area contributed by atoms with E-state index in [-0.39, 0.29) is 24.9 Å². The summed E-state index contributed by atoms with van der Waals surface area (Å²) in [5.41, 5.74) is 1.62. The van der Waals surface area contributed by atoms with Crippen LogP contribution in [-0.2, 0) is 29.1 Å². The molecule has 0 saturated carbocycles. The summed E-state index contributed by atoms with van der Waals surface area (Å²) >= 11 is 6.29. The Kier molecular flexibility index (Phi) is 4.09. The Morgan fingerprint density at radius 3 is 2.74 bits per heavy atom. The lowest BCUT2D eigenvalue weighted by Gasteiger charge is -2.26. The minimum absolute atomic E-state index is 0.0529. The number of hydrogen-bond acceptors (Lipinski definition) is 3. The number of rotatable bonds is 4. The van der Waals surface area contributed by atoms with Crippen molar-refractivity contribution < 1.29 is 9.59 Å². The fourth-order valence-electron chi connectivity index (χ4n) is 2.10. The van der Waals surface area contributed by atoms with Gasteiger partial charge in [0.25, 0.3) is 0 Å². The molecule has 1 saturated heterocycles. The number of amides is 2. The molecule has 19 heavy (non-hydrogen) atoms. The van der Waals surface area contributed by atoms with Gasteiger partial charge in [-0.1, -0.05) is 18.5 Å². The quantitative estimate of drug-likeness (QED) is 0.879. The molecule has 2 rings (SSSR count). The largest absolute Gasteiger partial charge is 0.345 e. The molecule has 1 aliphatic heterocycles. The van der Waals surface area contributed by atoms with Gasteiger partial charge in [0.15, 0.2) is 0 Å². The van der Waals surface area contributed by atoms with Crippen LogP contribution in [0.5, 0.6) is 0 Å². The molecule has 104 valence electrons. The van der Waals surface area contributed by atoms with Crippen molar-refractivity contribution in [1.82, 2.24) is 20.0 Å². The number of carbonyl (C=O) groups excluding carboxylic acids is 2. The van der Waals surface area contributed by atoms with Gasteiger partial charge in [0.2, 0.25) is 11.8 Å². The molecule has 1 aliphatic rings. The minimum atomic E-state index is -0.144. The summed E-state index contributed by atoms with van der Waals surface area (Å²) in [5.74, 6) is -0.244. The predicted molar refractivity (Wildman–Crippen MR) is 70.7 cm³/mol. The fourth-order valence-corrected chi connectivity index (χ4v) is 2.43. The number of halogens is 1. The summed E-state index contributed by atoms with van der Waals surface area (Å²) in [6, 6.07) is 0. The topological polar surface area (TPSA) is 67.2 Å². The summed E-state index contributed by atoms with van der Waals surface area (Å²) < 4.78 is 1.79. The Morgan fingerprint density at radius 1 is 1.37 bits per heavy atom. The van der Waals surface area contributed by atoms with E-state index < -0.39 is 0 Å². The second-order valence-electron chi connectivity index (χ2n) is 4.40. The maximum atomic E-state index is 11.8. The third-order valence-corrected chi connectivity index (χ3v) is 3.60. The number of hydrogen-bond donors (Lipinski definition) is 1. The SMILES string of the molecule is CCc1nn(CC)c(CN2CC(=O)NCC2=O)c1Cl. The average Bonchev–Trinajstić information content (AvgIpc) is 2.70. The molecule has 0 aromatic carbocycles. The Bertz CT molecular complexity index is 512. The highest BCUT2D eigenvalue weighted by Gasteiger charge is 2.26. The Hall–Kier alpha value is -1.56. The van der Waals surface area contributed by atoms with Gasteiger partial charge >= 0.3 is 0 Å². The van der Waals surface area contributed by atoms with Crippen LogP contribution in [0, 0.1) is 0 Å². The normalized spacial score (nSPS) is 15.8. The molecule has 0 unspecified atom stereocenters. The lowest BCUT2D eigenvalue weighted by atomic mass is 10.2. The van der Waals surface area contributed by atoms with Crippen molar-refractivity contribution in [2.24, 2.45) is 0 Å². The zero-order valence-electron chi connectivity index (χ0n) is 11.1. The van der Waals surface area contributed by atoms with Gasteiger partial charge in [0.1, 0.15) is 0 Å². The average molecular weight is 285 g/mol. The third-order valence-electron chi connectivity index (χ3n) is 3.16. The molecule has 1 fully saturated rings. The molecule has 0 aliphatic carbocycles. The molecular weight excluding hydrogens is 268 g/mol. The zero-order chi connectivity index (χ0) is 14.0. The Balaban J connectivity index is 2.24. The zero-order valence-corrected chi connectivity index (χ0v) is 11.8. The van der Waals surface area contributed by atoms with E-state index in [2.05, 4.69) is 10.4 Å². The van der Waals surface area contributed by atoms with Crippen molar-refractivity contribution in [3.63, 3.8) is 0 Å². The molecule has 2 heterocycles. The third kappa shape index (κ3) is 2.73. The number of carbonyl (C=O) groups is 2. The lowest BCUT2D eigenvalue weighted by molar-refractivity contribution is -0.141. The summed E-state index contributed by atoms with van der Waals surface area (Å²) in [6.45, 7) is 5.09. The highest BCUT2D eigenvalue weighted by atomic mass is 35.5. The molecule has 2 amide bonds. The number of aromatic nitrogens is 2. The summed E-state index contributed by atoms with van der Waals surface area (Å²) in [4.78, 5) is 24.6. The smallest absolute Gasteiger partial charge is 0.242 e. The molecule has 0 atom stereocenters. The number of nitrogens with zero attached hydrogens (tertiary/aromatic N) is 3. The molecule has 1 aromatic heterocycles. The van der Waals surface area contributed by atoms with Crippen LogP contribution in [0.15, 0.2) is 0 Å². The Labute approximate surface area is 116 Å². The number of nitrogens with one attached hydrogen (secondary N) is 1. The Morgan fingerprint density at radius 2 is 2.11 bits per heavy atom. The predicted octanol–water partition coefficient (Wildman–Crippen LogP) is 0.577. The molecule has 6 nitrogen and oxygen atoms in total. The first kappa shape index (κ1) is 13.9. The summed E-state index contributed by atoms with van der Waals surface area (Å²) in [5, 5.41) is 7.52. The fraction of sp³-hybridized carbons (Fsp3) is 0.583. The van der Waals surface area contributed by atoms with E-state index in [1.165, 1.54) is 4.90 Å². The van der Waals surface area contributed by atoms with Gasteiger partial charge in [-0.3, -0.25) is 14.3 Å². The van der Waals surface area contributed by atoms with E-state index in [1.807, 2.05) is 13.8 Å². The first-order chi connectivity index (χ1) is 9.06. The highest BCUT2D eigenvalue weighted by Crippen LogP contribution is 2.23. The van der Waals surface area contributed by atoms with E-state index in [0.717, 1.165) is 17.8 Å². The second kappa shape index (κ2) is 5.61. The molecule has 0 bridgehead atoms. The lowest BCUT2D eigenvalue weighted by Crippen LogP contribution is -2.51. The van der Waals surface area contributed by atoms with Crippen LogP contribution in [-0.4, -0.2) is 39.6 Å². The summed E-state index contributed by atoms with van der Waals surface area (Å²) in [7, 11) is 0. The maximum Gasteiger partial charge on any atom is 0.242 e. The van der Waals surface area contributed by atoms with Gasteiger partial charge in [-0.05, 0) is 13.3 Å². The van der Waals surface area contributed by atoms with E-state index in [4.69, 9.17) is 11.6 Å². The van der Waals surface area contributed by atoms with Crippen LogP contribution in [0.1, 0.15) is 25.2 Å². The molecule has 1 aromatic rings. The molecular formula is C12H17ClN4O2. The van der Waals surface area contributed by atoms with Crippen molar-refractivity contribution in [3.8, 4) is 0 Å². The van der Waals surface area contributed by atoms with Crippen molar-refractivity contribution >= 4 is 23.4 Å². The van der Waals surface area contributed by atoms with Gasteiger partial charge in [0, 0.05) is 6.54 Å². The number of piperazine rings is 1. The molecule has 1 N–H and O–H groups in total. The van der Waals surface area contributed by atoms with Gasteiger partial charge < -0.3 is 10.2 Å². The van der Waals surface area contributed by atoms with Crippen molar-refractivity contribution in [3.05, 3.63) is 16.4 Å². The van der Waals surface area contributed by atoms with E-state index in [0.29, 0.717) is 18.1 Å². The first-order valence-electron chi connectivity index (χ1n) is 6.35. The van der Waals surface area contributed by atoms with E-state index >= 15 is 0 Å². The maximum absolute atomic E-state index is 11.8. The van der Waals surface area contributed by atoms with Crippen LogP contribution in [0.3, 0.4) is 0 Å². The van der Waals surface area contributed by atoms with Gasteiger partial charge in [-0.15, -0.1) is 0 Å². The number of aryl methyl sites for hydroxylation is 2. The van der Waals surface area contributed by atoms with Crippen LogP contribution in [0.2, 0.25) is 5.02 Å². The second-order valence-corrected chi connectivity index (χ2v) is 4.78. The molecule has 0 radical (unpaired) electrons. The van der Waals surface area contributed by atoms with Crippen LogP contribution < -0.4 is 5.32 Å². The standard InChI is InChI=1S/C12H17ClN4O2/c1-3-8-12(13)9(17(4-2)15-8)6-16-7-10(18)14-5-11(16)19/h3-7H2,1-2H3,(H,14,18). The van der Waals surface area contributed by atoms with Gasteiger partial charge in [-0.2, -0.15) is 5.10 Å². The molecule has 0 spiro atoms. The molecule has 7 heteroatoms. The summed E-state index contributed by atoms with van der Waals surface area (Å²) in [6.07, 6.45) is 0.743. The first-order valence-corrected chi connectivity index (χ1v) is 6.73. The monoisotopic (exact) mass is 284 g/mol.